The quantitative estimate of drug-likeness (QED) is 0.741. The van der Waals surface area contributed by atoms with Gasteiger partial charge < -0.3 is 0 Å². The van der Waals surface area contributed by atoms with Gasteiger partial charge in [0, 0.05) is 23.0 Å². The van der Waals surface area contributed by atoms with Gasteiger partial charge in [-0.2, -0.15) is 0 Å². The van der Waals surface area contributed by atoms with Crippen molar-refractivity contribution in [1.29, 1.82) is 0 Å². The predicted octanol–water partition coefficient (Wildman–Crippen LogP) is 3.60. The van der Waals surface area contributed by atoms with Crippen LogP contribution < -0.4 is 9.62 Å². The summed E-state index contributed by atoms with van der Waals surface area (Å²) in [5, 5.41) is 0. The Kier molecular flexibility index (Phi) is 5.15. The summed E-state index contributed by atoms with van der Waals surface area (Å²) in [6.45, 7) is 1.86. The van der Waals surface area contributed by atoms with E-state index in [1.165, 1.54) is 24.3 Å². The molecule has 0 aromatic heterocycles. The van der Waals surface area contributed by atoms with Gasteiger partial charge >= 0.3 is 0 Å². The predicted molar refractivity (Wildman–Crippen MR) is 102 cm³/mol. The molecule has 26 heavy (non-hydrogen) atoms. The van der Waals surface area contributed by atoms with Gasteiger partial charge in [-0.25, -0.2) is 8.42 Å². The lowest BCUT2D eigenvalue weighted by molar-refractivity contribution is -0.129. The first-order valence-electron chi connectivity index (χ1n) is 8.03. The average molecular weight is 437 g/mol. The number of hydrogen-bond donors (Lipinski definition) is 1. The molecule has 1 N–H and O–H groups in total. The van der Waals surface area contributed by atoms with Gasteiger partial charge in [0.15, 0.2) is 0 Å². The maximum atomic E-state index is 12.5. The molecule has 0 bridgehead atoms. The van der Waals surface area contributed by atoms with Crippen molar-refractivity contribution in [3.8, 4) is 0 Å². The summed E-state index contributed by atoms with van der Waals surface area (Å²) >= 11 is 3.37. The Morgan fingerprint density at radius 3 is 2.19 bits per heavy atom. The number of carbonyl (C=O) groups excluding carboxylic acids is 2. The third kappa shape index (κ3) is 3.81. The molecule has 0 spiro atoms. The highest BCUT2D eigenvalue weighted by atomic mass is 79.9. The summed E-state index contributed by atoms with van der Waals surface area (Å²) in [7, 11) is -3.77. The molecule has 1 fully saturated rings. The van der Waals surface area contributed by atoms with Crippen LogP contribution in [0.2, 0.25) is 0 Å². The van der Waals surface area contributed by atoms with Crippen LogP contribution in [0.5, 0.6) is 0 Å². The molecule has 1 aliphatic rings. The Hall–Kier alpha value is -2.19. The molecular formula is C18H17BrN2O4S. The number of imide groups is 1. The lowest BCUT2D eigenvalue weighted by Crippen LogP contribution is -2.40. The van der Waals surface area contributed by atoms with Crippen molar-refractivity contribution in [2.75, 3.05) is 9.62 Å². The van der Waals surface area contributed by atoms with Crippen molar-refractivity contribution < 1.29 is 18.0 Å². The summed E-state index contributed by atoms with van der Waals surface area (Å²) in [6, 6.07) is 10.9. The molecule has 0 atom stereocenters. The molecule has 8 heteroatoms. The van der Waals surface area contributed by atoms with Crippen molar-refractivity contribution >= 4 is 49.1 Å². The number of amides is 2. The van der Waals surface area contributed by atoms with E-state index in [9.17, 15) is 18.0 Å². The van der Waals surface area contributed by atoms with Crippen LogP contribution in [0.4, 0.5) is 11.4 Å². The zero-order valence-corrected chi connectivity index (χ0v) is 16.4. The van der Waals surface area contributed by atoms with Gasteiger partial charge in [-0.15, -0.1) is 0 Å². The zero-order chi connectivity index (χ0) is 18.9. The number of benzene rings is 2. The number of hydrogen-bond acceptors (Lipinski definition) is 4. The van der Waals surface area contributed by atoms with Crippen molar-refractivity contribution in [2.45, 2.75) is 31.1 Å². The second-order valence-corrected chi connectivity index (χ2v) is 8.58. The second kappa shape index (κ2) is 7.20. The molecule has 6 nitrogen and oxygen atoms in total. The average Bonchev–Trinajstić information content (AvgIpc) is 2.58. The summed E-state index contributed by atoms with van der Waals surface area (Å²) in [5.41, 5.74) is 1.75. The van der Waals surface area contributed by atoms with E-state index in [-0.39, 0.29) is 16.7 Å². The lowest BCUT2D eigenvalue weighted by Gasteiger charge is -2.24. The fourth-order valence-corrected chi connectivity index (χ4v) is 4.03. The number of anilines is 2. The van der Waals surface area contributed by atoms with Crippen molar-refractivity contribution in [1.82, 2.24) is 0 Å². The van der Waals surface area contributed by atoms with Gasteiger partial charge in [0.1, 0.15) is 0 Å². The monoisotopic (exact) mass is 436 g/mol. The van der Waals surface area contributed by atoms with Crippen molar-refractivity contribution in [2.24, 2.45) is 0 Å². The molecule has 0 radical (unpaired) electrons. The van der Waals surface area contributed by atoms with Crippen LogP contribution in [0.1, 0.15) is 24.8 Å². The van der Waals surface area contributed by atoms with Crippen LogP contribution in [0.15, 0.2) is 51.8 Å². The maximum Gasteiger partial charge on any atom is 0.261 e. The van der Waals surface area contributed by atoms with Gasteiger partial charge in [-0.1, -0.05) is 15.9 Å². The molecule has 0 saturated carbocycles. The number of rotatable bonds is 4. The molecule has 2 aromatic carbocycles. The number of aryl methyl sites for hydroxylation is 1. The van der Waals surface area contributed by atoms with Gasteiger partial charge in [-0.05, 0) is 61.4 Å². The molecule has 1 heterocycles. The van der Waals surface area contributed by atoms with E-state index in [4.69, 9.17) is 0 Å². The molecule has 136 valence electrons. The molecule has 3 rings (SSSR count). The van der Waals surface area contributed by atoms with Crippen LogP contribution in [-0.4, -0.2) is 20.2 Å². The fraction of sp³-hybridized carbons (Fsp3) is 0.222. The number of nitrogens with one attached hydrogen (secondary N) is 1. The summed E-state index contributed by atoms with van der Waals surface area (Å²) in [4.78, 5) is 25.1. The molecule has 2 amide bonds. The Labute approximate surface area is 160 Å². The van der Waals surface area contributed by atoms with Crippen LogP contribution >= 0.6 is 15.9 Å². The van der Waals surface area contributed by atoms with E-state index >= 15 is 0 Å². The SMILES string of the molecule is Cc1cc(NS(=O)(=O)c2ccc(N3C(=O)CCCC3=O)cc2)ccc1Br. The first-order chi connectivity index (χ1) is 12.3. The molecular weight excluding hydrogens is 420 g/mol. The smallest absolute Gasteiger partial charge is 0.261 e. The first kappa shape index (κ1) is 18.6. The molecule has 2 aromatic rings. The third-order valence-corrected chi connectivity index (χ3v) is 6.38. The van der Waals surface area contributed by atoms with Crippen molar-refractivity contribution in [3.05, 3.63) is 52.5 Å². The van der Waals surface area contributed by atoms with E-state index < -0.39 is 10.0 Å². The fourth-order valence-electron chi connectivity index (χ4n) is 2.74. The Morgan fingerprint density at radius 2 is 1.62 bits per heavy atom. The van der Waals surface area contributed by atoms with Gasteiger partial charge in [0.2, 0.25) is 11.8 Å². The lowest BCUT2D eigenvalue weighted by atomic mass is 10.1. The van der Waals surface area contributed by atoms with E-state index in [0.717, 1.165) is 14.9 Å². The Bertz CT molecular complexity index is 955. The topological polar surface area (TPSA) is 83.6 Å². The Balaban J connectivity index is 1.83. The van der Waals surface area contributed by atoms with E-state index in [1.54, 1.807) is 18.2 Å². The number of sulfonamides is 1. The molecule has 0 unspecified atom stereocenters. The number of nitrogens with zero attached hydrogens (tertiary/aromatic N) is 1. The number of halogens is 1. The largest absolute Gasteiger partial charge is 0.280 e. The van der Waals surface area contributed by atoms with E-state index in [2.05, 4.69) is 20.7 Å². The van der Waals surface area contributed by atoms with Gasteiger partial charge in [0.05, 0.1) is 10.6 Å². The third-order valence-electron chi connectivity index (χ3n) is 4.10. The second-order valence-electron chi connectivity index (χ2n) is 6.04. The number of piperidine rings is 1. The Morgan fingerprint density at radius 1 is 1.00 bits per heavy atom. The minimum Gasteiger partial charge on any atom is -0.280 e. The van der Waals surface area contributed by atoms with Crippen LogP contribution in [-0.2, 0) is 19.6 Å². The van der Waals surface area contributed by atoms with Crippen molar-refractivity contribution in [3.63, 3.8) is 0 Å². The van der Waals surface area contributed by atoms with Crippen LogP contribution in [0.3, 0.4) is 0 Å². The van der Waals surface area contributed by atoms with E-state index in [1.807, 2.05) is 6.92 Å². The van der Waals surface area contributed by atoms with E-state index in [0.29, 0.717) is 30.6 Å². The highest BCUT2D eigenvalue weighted by Crippen LogP contribution is 2.25. The van der Waals surface area contributed by atoms with Crippen LogP contribution in [0, 0.1) is 6.92 Å². The summed E-state index contributed by atoms with van der Waals surface area (Å²) < 4.78 is 28.5. The van der Waals surface area contributed by atoms with Crippen LogP contribution in [0.25, 0.3) is 0 Å². The normalized spacial score (nSPS) is 15.2. The minimum atomic E-state index is -3.77. The molecule has 1 aliphatic heterocycles. The number of carbonyl (C=O) groups is 2. The molecule has 1 saturated heterocycles. The minimum absolute atomic E-state index is 0.0544. The maximum absolute atomic E-state index is 12.5. The molecule has 0 aliphatic carbocycles. The highest BCUT2D eigenvalue weighted by molar-refractivity contribution is 9.10. The van der Waals surface area contributed by atoms with Gasteiger partial charge in [0.25, 0.3) is 10.0 Å². The summed E-state index contributed by atoms with van der Waals surface area (Å²) in [6.07, 6.45) is 1.18. The highest BCUT2D eigenvalue weighted by Gasteiger charge is 2.27. The van der Waals surface area contributed by atoms with Gasteiger partial charge in [-0.3, -0.25) is 19.2 Å². The first-order valence-corrected chi connectivity index (χ1v) is 10.3. The zero-order valence-electron chi connectivity index (χ0n) is 14.0. The standard InChI is InChI=1S/C18H17BrN2O4S/c1-12-11-13(5-10-16(12)19)20-26(24,25)15-8-6-14(7-9-15)21-17(22)3-2-4-18(21)23/h5-11,20H,2-4H2,1H3. The summed E-state index contributed by atoms with van der Waals surface area (Å²) in [5.74, 6) is -0.527.